The van der Waals surface area contributed by atoms with Crippen molar-refractivity contribution in [3.63, 3.8) is 0 Å². The molecule has 0 fully saturated rings. The van der Waals surface area contributed by atoms with Crippen molar-refractivity contribution in [1.82, 2.24) is 0 Å². The molecule has 1 N–H and O–H groups in total. The molecule has 0 saturated carbocycles. The van der Waals surface area contributed by atoms with E-state index in [1.807, 2.05) is 0 Å². The minimum absolute atomic E-state index is 0. The summed E-state index contributed by atoms with van der Waals surface area (Å²) in [6.45, 7) is 7.99. The zero-order valence-electron chi connectivity index (χ0n) is 12.2. The Kier molecular flexibility index (Phi) is 6.68. The molecule has 0 aromatic heterocycles. The summed E-state index contributed by atoms with van der Waals surface area (Å²) in [5.41, 5.74) is 4.21. The average Bonchev–Trinajstić information content (AvgIpc) is 2.41. The van der Waals surface area contributed by atoms with Gasteiger partial charge in [-0.3, -0.25) is 4.70 Å². The number of halogens is 1. The maximum atomic E-state index is 3.54. The second-order valence-electron chi connectivity index (χ2n) is 5.22. The van der Waals surface area contributed by atoms with Crippen molar-refractivity contribution in [2.24, 2.45) is 0 Å². The van der Waals surface area contributed by atoms with E-state index in [1.54, 1.807) is 0 Å². The molecule has 1 aliphatic heterocycles. The van der Waals surface area contributed by atoms with Crippen molar-refractivity contribution in [1.29, 1.82) is 0 Å². The molecule has 2 bridgehead atoms. The smallest absolute Gasteiger partial charge is 0.0602 e. The molecular formula is C16H27FN2. The van der Waals surface area contributed by atoms with Gasteiger partial charge in [0.25, 0.3) is 0 Å². The maximum Gasteiger partial charge on any atom is 0.0602 e. The minimum Gasteiger partial charge on any atom is -0.383 e. The van der Waals surface area contributed by atoms with Gasteiger partial charge in [0.1, 0.15) is 0 Å². The van der Waals surface area contributed by atoms with E-state index in [-0.39, 0.29) is 4.70 Å². The van der Waals surface area contributed by atoms with Crippen LogP contribution in [0.1, 0.15) is 45.1 Å². The van der Waals surface area contributed by atoms with E-state index >= 15 is 0 Å². The van der Waals surface area contributed by atoms with E-state index in [4.69, 9.17) is 0 Å². The third-order valence-corrected chi connectivity index (χ3v) is 3.69. The summed E-state index contributed by atoms with van der Waals surface area (Å²) in [4.78, 5) is 2.56. The fraction of sp³-hybridized carbons (Fsp3) is 0.625. The SMILES string of the molecule is CCCCN(CCCC)c1ccc2cc1NCC2.F. The molecule has 1 aliphatic rings. The first-order chi connectivity index (χ1) is 8.85. The molecule has 2 nitrogen and oxygen atoms in total. The zero-order valence-corrected chi connectivity index (χ0v) is 12.2. The predicted molar refractivity (Wildman–Crippen MR) is 83.2 cm³/mol. The van der Waals surface area contributed by atoms with Gasteiger partial charge < -0.3 is 10.2 Å². The quantitative estimate of drug-likeness (QED) is 0.795. The largest absolute Gasteiger partial charge is 0.383 e. The van der Waals surface area contributed by atoms with Crippen molar-refractivity contribution in [3.05, 3.63) is 23.8 Å². The van der Waals surface area contributed by atoms with Gasteiger partial charge in [0, 0.05) is 19.6 Å². The van der Waals surface area contributed by atoms with Gasteiger partial charge in [-0.15, -0.1) is 0 Å². The molecule has 0 unspecified atom stereocenters. The summed E-state index contributed by atoms with van der Waals surface area (Å²) < 4.78 is 0. The first kappa shape index (κ1) is 15.8. The number of unbranched alkanes of at least 4 members (excludes halogenated alkanes) is 2. The van der Waals surface area contributed by atoms with Crippen LogP contribution in [0, 0.1) is 0 Å². The van der Waals surface area contributed by atoms with Crippen LogP contribution in [0.5, 0.6) is 0 Å². The van der Waals surface area contributed by atoms with Crippen LogP contribution in [0.25, 0.3) is 0 Å². The Bertz CT molecular complexity index is 371. The zero-order chi connectivity index (χ0) is 12.8. The van der Waals surface area contributed by atoms with E-state index in [1.165, 1.54) is 55.7 Å². The monoisotopic (exact) mass is 266 g/mol. The van der Waals surface area contributed by atoms with E-state index in [2.05, 4.69) is 42.3 Å². The van der Waals surface area contributed by atoms with Crippen LogP contribution in [0.4, 0.5) is 16.1 Å². The molecule has 1 heterocycles. The summed E-state index contributed by atoms with van der Waals surface area (Å²) in [5, 5.41) is 3.54. The van der Waals surface area contributed by atoms with Gasteiger partial charge in [0.05, 0.1) is 11.4 Å². The average molecular weight is 266 g/mol. The van der Waals surface area contributed by atoms with Crippen LogP contribution in [0.3, 0.4) is 0 Å². The van der Waals surface area contributed by atoms with Gasteiger partial charge in [-0.1, -0.05) is 32.8 Å². The molecule has 0 amide bonds. The Morgan fingerprint density at radius 1 is 1.11 bits per heavy atom. The Labute approximate surface area is 116 Å². The summed E-state index contributed by atoms with van der Waals surface area (Å²) in [6.07, 6.45) is 6.26. The van der Waals surface area contributed by atoms with E-state index in [0.717, 1.165) is 13.0 Å². The lowest BCUT2D eigenvalue weighted by Crippen LogP contribution is -2.27. The Balaban J connectivity index is 0.00000180. The summed E-state index contributed by atoms with van der Waals surface area (Å²) in [6, 6.07) is 6.93. The third kappa shape index (κ3) is 4.12. The molecule has 0 saturated heterocycles. The van der Waals surface area contributed by atoms with Gasteiger partial charge in [-0.25, -0.2) is 0 Å². The number of nitrogens with one attached hydrogen (secondary N) is 1. The van der Waals surface area contributed by atoms with Crippen LogP contribution in [-0.2, 0) is 6.42 Å². The number of rotatable bonds is 7. The van der Waals surface area contributed by atoms with Crippen LogP contribution in [0.15, 0.2) is 18.2 Å². The Morgan fingerprint density at radius 2 is 1.79 bits per heavy atom. The molecule has 19 heavy (non-hydrogen) atoms. The highest BCUT2D eigenvalue weighted by molar-refractivity contribution is 5.72. The number of anilines is 2. The van der Waals surface area contributed by atoms with E-state index in [9.17, 15) is 0 Å². The van der Waals surface area contributed by atoms with Gasteiger partial charge in [-0.05, 0) is 37.0 Å². The number of hydrogen-bond acceptors (Lipinski definition) is 2. The lowest BCUT2D eigenvalue weighted by molar-refractivity contribution is 0.678. The minimum atomic E-state index is 0. The Morgan fingerprint density at radius 3 is 2.42 bits per heavy atom. The predicted octanol–water partition coefficient (Wildman–Crippen LogP) is 4.21. The van der Waals surface area contributed by atoms with Gasteiger partial charge in [0.2, 0.25) is 0 Å². The van der Waals surface area contributed by atoms with Gasteiger partial charge in [-0.2, -0.15) is 0 Å². The lowest BCUT2D eigenvalue weighted by Gasteiger charge is -2.29. The highest BCUT2D eigenvalue weighted by Gasteiger charge is 2.14. The van der Waals surface area contributed by atoms with Crippen LogP contribution < -0.4 is 10.2 Å². The first-order valence-corrected chi connectivity index (χ1v) is 7.47. The summed E-state index contributed by atoms with van der Waals surface area (Å²) >= 11 is 0. The van der Waals surface area contributed by atoms with Crippen molar-refractivity contribution in [2.45, 2.75) is 46.0 Å². The van der Waals surface area contributed by atoms with Gasteiger partial charge >= 0.3 is 0 Å². The third-order valence-electron chi connectivity index (χ3n) is 3.69. The lowest BCUT2D eigenvalue weighted by atomic mass is 10.1. The highest BCUT2D eigenvalue weighted by atomic mass is 19.0. The molecule has 2 rings (SSSR count). The summed E-state index contributed by atoms with van der Waals surface area (Å²) in [5.74, 6) is 0. The molecular weight excluding hydrogens is 239 g/mol. The first-order valence-electron chi connectivity index (χ1n) is 7.47. The summed E-state index contributed by atoms with van der Waals surface area (Å²) in [7, 11) is 0. The molecule has 0 radical (unpaired) electrons. The highest BCUT2D eigenvalue weighted by Crippen LogP contribution is 2.30. The number of nitrogens with zero attached hydrogens (tertiary/aromatic N) is 1. The van der Waals surface area contributed by atoms with Crippen molar-refractivity contribution >= 4 is 11.4 Å². The van der Waals surface area contributed by atoms with Crippen molar-refractivity contribution in [3.8, 4) is 0 Å². The normalized spacial score (nSPS) is 12.5. The van der Waals surface area contributed by atoms with Crippen LogP contribution in [-0.4, -0.2) is 19.6 Å². The molecule has 0 spiro atoms. The number of hydrogen-bond donors (Lipinski definition) is 1. The topological polar surface area (TPSA) is 15.3 Å². The van der Waals surface area contributed by atoms with Crippen LogP contribution >= 0.6 is 0 Å². The fourth-order valence-electron chi connectivity index (χ4n) is 2.55. The number of benzene rings is 1. The van der Waals surface area contributed by atoms with E-state index < -0.39 is 0 Å². The van der Waals surface area contributed by atoms with Crippen LogP contribution in [0.2, 0.25) is 0 Å². The molecule has 3 heteroatoms. The maximum absolute atomic E-state index is 3.54. The second-order valence-corrected chi connectivity index (χ2v) is 5.22. The van der Waals surface area contributed by atoms with Crippen molar-refractivity contribution < 1.29 is 4.70 Å². The molecule has 0 aliphatic carbocycles. The van der Waals surface area contributed by atoms with Crippen molar-refractivity contribution in [2.75, 3.05) is 29.9 Å². The second kappa shape index (κ2) is 8.03. The Hall–Kier alpha value is -1.25. The molecule has 1 aromatic rings. The standard InChI is InChI=1S/C16H26N2.FH/c1-3-5-11-18(12-6-4-2)16-8-7-14-9-10-17-15(16)13-14;/h7-8,13,17H,3-6,9-12H2,1-2H3;1H. The van der Waals surface area contributed by atoms with E-state index in [0.29, 0.717) is 0 Å². The van der Waals surface area contributed by atoms with Gasteiger partial charge in [0.15, 0.2) is 0 Å². The number of fused-ring (bicyclic) bond motifs is 2. The molecule has 0 atom stereocenters. The molecule has 108 valence electrons. The fourth-order valence-corrected chi connectivity index (χ4v) is 2.55. The molecule has 1 aromatic carbocycles.